The maximum atomic E-state index is 5.20. The first-order chi connectivity index (χ1) is 23.7. The molecule has 0 atom stereocenters. The summed E-state index contributed by atoms with van der Waals surface area (Å²) < 4.78 is 0. The zero-order valence-electron chi connectivity index (χ0n) is 26.1. The van der Waals surface area contributed by atoms with Crippen LogP contribution < -0.4 is 0 Å². The minimum Gasteiger partial charge on any atom is -0.355 e. The van der Waals surface area contributed by atoms with Crippen molar-refractivity contribution >= 4 is 45.4 Å². The Morgan fingerprint density at radius 1 is 0.354 bits per heavy atom. The molecule has 0 unspecified atom stereocenters. The number of hydrogen-bond acceptors (Lipinski definition) is 2. The van der Waals surface area contributed by atoms with Gasteiger partial charge in [0.05, 0.1) is 22.8 Å². The number of nitrogens with zero attached hydrogens (tertiary/aromatic N) is 2. The van der Waals surface area contributed by atoms with Crippen molar-refractivity contribution in [3.63, 3.8) is 0 Å². The van der Waals surface area contributed by atoms with Gasteiger partial charge in [0.1, 0.15) is 0 Å². The zero-order chi connectivity index (χ0) is 31.9. The van der Waals surface area contributed by atoms with Gasteiger partial charge in [0.15, 0.2) is 0 Å². The summed E-state index contributed by atoms with van der Waals surface area (Å²) in [5.41, 5.74) is 16.5. The molecule has 0 saturated heterocycles. The van der Waals surface area contributed by atoms with Gasteiger partial charge in [-0.05, 0) is 70.8 Å². The van der Waals surface area contributed by atoms with E-state index >= 15 is 0 Å². The van der Waals surface area contributed by atoms with Crippen LogP contribution in [0.4, 0.5) is 0 Å². The molecule has 2 N–H and O–H groups in total. The SMILES string of the molecule is C1=C(c2ccccc2)c2cc3[nH]c(cc4nc(cc5[nH]c(cc1n2)cc5-c1ccccc1)C(c1ccccc1)=C4)cc3-c1ccccc1. The van der Waals surface area contributed by atoms with Crippen LogP contribution in [0.3, 0.4) is 0 Å². The fraction of sp³-hybridized carbons (Fsp3) is 0. The first-order valence-electron chi connectivity index (χ1n) is 16.2. The minimum absolute atomic E-state index is 0.887. The van der Waals surface area contributed by atoms with E-state index in [1.807, 2.05) is 12.1 Å². The third kappa shape index (κ3) is 5.25. The first kappa shape index (κ1) is 27.8. The van der Waals surface area contributed by atoms with E-state index in [2.05, 4.69) is 168 Å². The Morgan fingerprint density at radius 3 is 1.08 bits per heavy atom. The van der Waals surface area contributed by atoms with Crippen LogP contribution in [0.15, 0.2) is 158 Å². The van der Waals surface area contributed by atoms with E-state index in [1.54, 1.807) is 0 Å². The molecule has 4 nitrogen and oxygen atoms in total. The van der Waals surface area contributed by atoms with Crippen molar-refractivity contribution in [3.8, 4) is 22.3 Å². The smallest absolute Gasteiger partial charge is 0.0736 e. The lowest BCUT2D eigenvalue weighted by molar-refractivity contribution is 1.30. The zero-order valence-corrected chi connectivity index (χ0v) is 26.1. The van der Waals surface area contributed by atoms with Crippen molar-refractivity contribution < 1.29 is 0 Å². The van der Waals surface area contributed by atoms with Crippen LogP contribution in [-0.2, 0) is 0 Å². The Balaban J connectivity index is 1.38. The predicted octanol–water partition coefficient (Wildman–Crippen LogP) is 10.8. The summed E-state index contributed by atoms with van der Waals surface area (Å²) >= 11 is 0. The molecule has 9 rings (SSSR count). The van der Waals surface area contributed by atoms with Crippen LogP contribution in [0.1, 0.15) is 33.9 Å². The topological polar surface area (TPSA) is 57.4 Å². The lowest BCUT2D eigenvalue weighted by Crippen LogP contribution is -1.85. The monoisotopic (exact) mass is 614 g/mol. The fourth-order valence-electron chi connectivity index (χ4n) is 6.65. The summed E-state index contributed by atoms with van der Waals surface area (Å²) in [6.07, 6.45) is 4.37. The molecule has 48 heavy (non-hydrogen) atoms. The standard InChI is InChI=1S/C44H30N4/c1-5-13-29(14-6-1)37-23-33-21-34-24-39(31-17-9-3-10-18-31)43(47-34)28-44-40(32-19-11-4-12-20-32)26-36(48-44)22-35-25-38(30-15-7-2-8-16-30)42(46-35)27-41(37)45-33/h1-28,45,48H. The fourth-order valence-corrected chi connectivity index (χ4v) is 6.65. The molecule has 2 aliphatic rings. The quantitative estimate of drug-likeness (QED) is 0.207. The summed E-state index contributed by atoms with van der Waals surface area (Å²) in [5, 5.41) is 0. The molecule has 0 fully saturated rings. The van der Waals surface area contributed by atoms with E-state index in [0.29, 0.717) is 0 Å². The second kappa shape index (κ2) is 11.7. The molecular formula is C44H30N4. The summed E-state index contributed by atoms with van der Waals surface area (Å²) in [6, 6.07) is 55.0. The van der Waals surface area contributed by atoms with E-state index < -0.39 is 0 Å². The van der Waals surface area contributed by atoms with Gasteiger partial charge in [0.2, 0.25) is 0 Å². The van der Waals surface area contributed by atoms with Crippen LogP contribution in [0.2, 0.25) is 0 Å². The highest BCUT2D eigenvalue weighted by atomic mass is 14.8. The maximum Gasteiger partial charge on any atom is 0.0736 e. The first-order valence-corrected chi connectivity index (χ1v) is 16.2. The summed E-state index contributed by atoms with van der Waals surface area (Å²) in [7, 11) is 0. The van der Waals surface area contributed by atoms with Gasteiger partial charge in [-0.2, -0.15) is 0 Å². The number of aromatic amines is 2. The molecular weight excluding hydrogens is 585 g/mol. The number of nitrogens with one attached hydrogen (secondary N) is 2. The minimum atomic E-state index is 0.887. The molecule has 5 heterocycles. The number of H-pyrrole nitrogens is 2. The molecule has 4 aromatic carbocycles. The molecule has 0 spiro atoms. The van der Waals surface area contributed by atoms with Crippen molar-refractivity contribution in [1.82, 2.24) is 19.9 Å². The van der Waals surface area contributed by atoms with E-state index in [4.69, 9.17) is 9.97 Å². The van der Waals surface area contributed by atoms with Crippen LogP contribution in [0, 0.1) is 0 Å². The second-order valence-corrected chi connectivity index (χ2v) is 12.1. The van der Waals surface area contributed by atoms with Crippen LogP contribution in [0.5, 0.6) is 0 Å². The van der Waals surface area contributed by atoms with Crippen molar-refractivity contribution in [1.29, 1.82) is 0 Å². The highest BCUT2D eigenvalue weighted by Gasteiger charge is 2.17. The van der Waals surface area contributed by atoms with Crippen molar-refractivity contribution in [2.24, 2.45) is 0 Å². The maximum absolute atomic E-state index is 5.20. The summed E-state index contributed by atoms with van der Waals surface area (Å²) in [5.74, 6) is 0. The third-order valence-electron chi connectivity index (χ3n) is 8.88. The van der Waals surface area contributed by atoms with Crippen molar-refractivity contribution in [2.45, 2.75) is 0 Å². The van der Waals surface area contributed by atoms with Crippen LogP contribution in [-0.4, -0.2) is 19.9 Å². The largest absolute Gasteiger partial charge is 0.355 e. The van der Waals surface area contributed by atoms with Gasteiger partial charge in [0.25, 0.3) is 0 Å². The second-order valence-electron chi connectivity index (χ2n) is 12.1. The van der Waals surface area contributed by atoms with E-state index in [1.165, 1.54) is 0 Å². The molecule has 0 radical (unpaired) electrons. The number of benzene rings is 4. The number of fused-ring (bicyclic) bond motifs is 8. The molecule has 0 saturated carbocycles. The Morgan fingerprint density at radius 2 is 0.708 bits per heavy atom. The summed E-state index contributed by atoms with van der Waals surface area (Å²) in [4.78, 5) is 17.8. The molecule has 4 heteroatoms. The highest BCUT2D eigenvalue weighted by Crippen LogP contribution is 2.35. The Labute approximate surface area is 278 Å². The van der Waals surface area contributed by atoms with Crippen LogP contribution >= 0.6 is 0 Å². The van der Waals surface area contributed by atoms with E-state index in [9.17, 15) is 0 Å². The Hall–Kier alpha value is -6.52. The highest BCUT2D eigenvalue weighted by molar-refractivity contribution is 5.97. The van der Waals surface area contributed by atoms with Gasteiger partial charge in [-0.15, -0.1) is 0 Å². The van der Waals surface area contributed by atoms with Gasteiger partial charge in [-0.25, -0.2) is 9.97 Å². The van der Waals surface area contributed by atoms with Gasteiger partial charge < -0.3 is 9.97 Å². The van der Waals surface area contributed by atoms with Gasteiger partial charge in [-0.1, -0.05) is 121 Å². The molecule has 0 amide bonds. The number of aromatic nitrogens is 4. The van der Waals surface area contributed by atoms with Gasteiger partial charge in [-0.3, -0.25) is 0 Å². The average Bonchev–Trinajstić information content (AvgIpc) is 3.92. The molecule has 0 aliphatic carbocycles. The lowest BCUT2D eigenvalue weighted by Gasteiger charge is -2.02. The molecule has 3 aromatic heterocycles. The molecule has 226 valence electrons. The molecule has 2 aliphatic heterocycles. The molecule has 7 aromatic rings. The van der Waals surface area contributed by atoms with Gasteiger partial charge >= 0.3 is 0 Å². The Bertz CT molecular complexity index is 2340. The van der Waals surface area contributed by atoms with Crippen molar-refractivity contribution in [2.75, 3.05) is 0 Å². The normalized spacial score (nSPS) is 12.4. The van der Waals surface area contributed by atoms with Crippen molar-refractivity contribution in [3.05, 3.63) is 192 Å². The predicted molar refractivity (Wildman–Crippen MR) is 199 cm³/mol. The van der Waals surface area contributed by atoms with E-state index in [-0.39, 0.29) is 0 Å². The Kier molecular flexibility index (Phi) is 6.76. The lowest BCUT2D eigenvalue weighted by atomic mass is 10.0. The number of rotatable bonds is 4. The average molecular weight is 615 g/mol. The molecule has 8 bridgehead atoms. The third-order valence-corrected chi connectivity index (χ3v) is 8.88. The summed E-state index contributed by atoms with van der Waals surface area (Å²) in [6.45, 7) is 0. The number of hydrogen-bond donors (Lipinski definition) is 2. The van der Waals surface area contributed by atoms with E-state index in [0.717, 1.165) is 89.4 Å². The van der Waals surface area contributed by atoms with Crippen LogP contribution in [0.25, 0.3) is 67.6 Å². The van der Waals surface area contributed by atoms with Gasteiger partial charge in [0, 0.05) is 44.3 Å².